The van der Waals surface area contributed by atoms with Gasteiger partial charge in [-0.05, 0) is 61.9 Å². The van der Waals surface area contributed by atoms with Gasteiger partial charge >= 0.3 is 0 Å². The molecule has 0 aromatic carbocycles. The maximum absolute atomic E-state index is 13.3. The second kappa shape index (κ2) is 7.78. The fourth-order valence-corrected chi connectivity index (χ4v) is 4.51. The van der Waals surface area contributed by atoms with Gasteiger partial charge in [-0.15, -0.1) is 0 Å². The van der Waals surface area contributed by atoms with Gasteiger partial charge in [0.15, 0.2) is 0 Å². The summed E-state index contributed by atoms with van der Waals surface area (Å²) in [5.74, 6) is 0.184. The first kappa shape index (κ1) is 19.7. The Labute approximate surface area is 182 Å². The number of carbonyl (C=O) groups excluding carboxylic acids is 1. The molecule has 0 saturated heterocycles. The predicted octanol–water partition coefficient (Wildman–Crippen LogP) is 3.93. The van der Waals surface area contributed by atoms with Gasteiger partial charge in [-0.3, -0.25) is 19.7 Å². The molecule has 1 atom stereocenters. The Balaban J connectivity index is 1.53. The molecule has 5 heterocycles. The Bertz CT molecular complexity index is 1220. The molecule has 0 fully saturated rings. The van der Waals surface area contributed by atoms with Crippen molar-refractivity contribution in [1.82, 2.24) is 19.6 Å². The summed E-state index contributed by atoms with van der Waals surface area (Å²) in [5.41, 5.74) is 8.10. The minimum absolute atomic E-state index is 0.0349. The zero-order valence-electron chi connectivity index (χ0n) is 18.2. The van der Waals surface area contributed by atoms with Crippen LogP contribution in [0.2, 0.25) is 0 Å². The van der Waals surface area contributed by atoms with E-state index in [0.717, 1.165) is 65.4 Å². The molecule has 1 unspecified atom stereocenters. The standard InChI is InChI=1S/C25H27N5O/c1-16-4-5-21-12-27-23(19-6-8-26-9-7-19)15-30(21)25(31)11-22(16)20-10-24-18(3)28-17(2)13-29(24)14-20/h5-6,10-16,26H,4,7-9H2,1-3H3. The molecule has 3 aliphatic heterocycles. The van der Waals surface area contributed by atoms with Crippen LogP contribution in [0.4, 0.5) is 0 Å². The smallest absolute Gasteiger partial charge is 0.255 e. The number of fused-ring (bicyclic) bond motifs is 2. The summed E-state index contributed by atoms with van der Waals surface area (Å²) in [7, 11) is 0. The average Bonchev–Trinajstić information content (AvgIpc) is 3.19. The summed E-state index contributed by atoms with van der Waals surface area (Å²) in [6, 6.07) is 2.14. The molecule has 0 spiro atoms. The number of nitrogens with zero attached hydrogens (tertiary/aromatic N) is 4. The number of hydrogen-bond donors (Lipinski definition) is 1. The van der Waals surface area contributed by atoms with Crippen LogP contribution in [0.3, 0.4) is 0 Å². The zero-order chi connectivity index (χ0) is 21.5. The summed E-state index contributed by atoms with van der Waals surface area (Å²) >= 11 is 0. The average molecular weight is 414 g/mol. The number of nitrogens with one attached hydrogen (secondary N) is 1. The topological polar surface area (TPSA) is 62.0 Å². The summed E-state index contributed by atoms with van der Waals surface area (Å²) in [6.45, 7) is 7.98. The van der Waals surface area contributed by atoms with E-state index in [9.17, 15) is 4.79 Å². The molecule has 1 amide bonds. The van der Waals surface area contributed by atoms with Crippen LogP contribution in [0.5, 0.6) is 0 Å². The lowest BCUT2D eigenvalue weighted by molar-refractivity contribution is -0.121. The number of aliphatic imine (C=N–C) groups is 1. The maximum Gasteiger partial charge on any atom is 0.255 e. The molecule has 158 valence electrons. The fraction of sp³-hybridized carbons (Fsp3) is 0.320. The highest BCUT2D eigenvalue weighted by atomic mass is 16.2. The van der Waals surface area contributed by atoms with Gasteiger partial charge in [0, 0.05) is 31.2 Å². The number of allylic oxidation sites excluding steroid dienone is 4. The normalized spacial score (nSPS) is 21.7. The van der Waals surface area contributed by atoms with Gasteiger partial charge in [0.05, 0.1) is 34.5 Å². The minimum Gasteiger partial charge on any atom is -0.320 e. The van der Waals surface area contributed by atoms with Crippen molar-refractivity contribution in [3.05, 3.63) is 76.8 Å². The first-order chi connectivity index (χ1) is 15.0. The number of aromatic nitrogens is 2. The van der Waals surface area contributed by atoms with Gasteiger partial charge < -0.3 is 9.72 Å². The lowest BCUT2D eigenvalue weighted by Gasteiger charge is -2.27. The van der Waals surface area contributed by atoms with Crippen molar-refractivity contribution in [2.75, 3.05) is 13.1 Å². The van der Waals surface area contributed by atoms with Crippen LogP contribution in [0.15, 0.2) is 64.8 Å². The number of carbonyl (C=O) groups is 1. The van der Waals surface area contributed by atoms with Crippen molar-refractivity contribution in [3.63, 3.8) is 0 Å². The van der Waals surface area contributed by atoms with Crippen molar-refractivity contribution in [1.29, 1.82) is 0 Å². The molecular formula is C25H27N5O. The van der Waals surface area contributed by atoms with E-state index in [1.807, 2.05) is 32.5 Å². The monoisotopic (exact) mass is 413 g/mol. The van der Waals surface area contributed by atoms with Crippen molar-refractivity contribution in [2.24, 2.45) is 10.9 Å². The second-order valence-electron chi connectivity index (χ2n) is 8.52. The Morgan fingerprint density at radius 3 is 2.87 bits per heavy atom. The largest absolute Gasteiger partial charge is 0.320 e. The van der Waals surface area contributed by atoms with Crippen LogP contribution in [0.25, 0.3) is 11.1 Å². The van der Waals surface area contributed by atoms with E-state index in [2.05, 4.69) is 51.0 Å². The van der Waals surface area contributed by atoms with E-state index >= 15 is 0 Å². The molecule has 0 radical (unpaired) electrons. The highest BCUT2D eigenvalue weighted by Crippen LogP contribution is 2.32. The SMILES string of the molecule is Cc1cn2cc(C3=CC(=O)N4C=C(C5=CCNCC5)N=CC4=CCC3C)cc2c(C)n1. The van der Waals surface area contributed by atoms with Gasteiger partial charge in [-0.2, -0.15) is 0 Å². The summed E-state index contributed by atoms with van der Waals surface area (Å²) < 4.78 is 2.11. The fourth-order valence-electron chi connectivity index (χ4n) is 4.51. The summed E-state index contributed by atoms with van der Waals surface area (Å²) in [4.78, 5) is 24.3. The van der Waals surface area contributed by atoms with Gasteiger partial charge in [0.2, 0.25) is 0 Å². The summed E-state index contributed by atoms with van der Waals surface area (Å²) in [6.07, 6.45) is 15.7. The van der Waals surface area contributed by atoms with E-state index in [1.54, 1.807) is 11.0 Å². The number of hydrogen-bond acceptors (Lipinski definition) is 4. The van der Waals surface area contributed by atoms with Crippen LogP contribution in [-0.4, -0.2) is 39.5 Å². The highest BCUT2D eigenvalue weighted by molar-refractivity contribution is 6.01. The van der Waals surface area contributed by atoms with Crippen molar-refractivity contribution in [3.8, 4) is 0 Å². The molecule has 2 aromatic heterocycles. The van der Waals surface area contributed by atoms with Gasteiger partial charge in [0.25, 0.3) is 5.91 Å². The third-order valence-corrected chi connectivity index (χ3v) is 6.21. The van der Waals surface area contributed by atoms with Crippen molar-refractivity contribution in [2.45, 2.75) is 33.6 Å². The Kier molecular flexibility index (Phi) is 4.94. The predicted molar refractivity (Wildman–Crippen MR) is 123 cm³/mol. The zero-order valence-corrected chi connectivity index (χ0v) is 18.2. The quantitative estimate of drug-likeness (QED) is 0.811. The van der Waals surface area contributed by atoms with Crippen LogP contribution < -0.4 is 5.32 Å². The van der Waals surface area contributed by atoms with E-state index < -0.39 is 0 Å². The Hall–Kier alpha value is -3.25. The number of rotatable bonds is 2. The molecule has 3 aliphatic rings. The molecule has 31 heavy (non-hydrogen) atoms. The molecule has 5 rings (SSSR count). The van der Waals surface area contributed by atoms with E-state index in [0.29, 0.717) is 0 Å². The lowest BCUT2D eigenvalue weighted by Crippen LogP contribution is -2.29. The van der Waals surface area contributed by atoms with E-state index in [-0.39, 0.29) is 11.8 Å². The van der Waals surface area contributed by atoms with Crippen molar-refractivity contribution < 1.29 is 4.79 Å². The first-order valence-electron chi connectivity index (χ1n) is 10.9. The van der Waals surface area contributed by atoms with Crippen molar-refractivity contribution >= 4 is 23.2 Å². The maximum atomic E-state index is 13.3. The van der Waals surface area contributed by atoms with Crippen LogP contribution in [0, 0.1) is 19.8 Å². The van der Waals surface area contributed by atoms with Crippen LogP contribution in [-0.2, 0) is 4.79 Å². The number of amides is 1. The van der Waals surface area contributed by atoms with Gasteiger partial charge in [0.1, 0.15) is 0 Å². The third-order valence-electron chi connectivity index (χ3n) is 6.21. The highest BCUT2D eigenvalue weighted by Gasteiger charge is 2.25. The Morgan fingerprint density at radius 2 is 2.06 bits per heavy atom. The molecule has 6 heteroatoms. The lowest BCUT2D eigenvalue weighted by atomic mass is 9.90. The second-order valence-corrected chi connectivity index (χ2v) is 8.52. The summed E-state index contributed by atoms with van der Waals surface area (Å²) in [5, 5.41) is 3.32. The molecular weight excluding hydrogens is 386 g/mol. The first-order valence-corrected chi connectivity index (χ1v) is 10.9. The van der Waals surface area contributed by atoms with E-state index in [1.165, 1.54) is 5.57 Å². The minimum atomic E-state index is -0.0349. The van der Waals surface area contributed by atoms with Gasteiger partial charge in [-0.1, -0.05) is 19.1 Å². The molecule has 6 nitrogen and oxygen atoms in total. The third kappa shape index (κ3) is 3.68. The van der Waals surface area contributed by atoms with Gasteiger partial charge in [-0.25, -0.2) is 0 Å². The Morgan fingerprint density at radius 1 is 1.19 bits per heavy atom. The number of aryl methyl sites for hydroxylation is 2. The van der Waals surface area contributed by atoms with Crippen LogP contribution in [0.1, 0.15) is 36.7 Å². The molecule has 0 saturated carbocycles. The van der Waals surface area contributed by atoms with E-state index in [4.69, 9.17) is 0 Å². The molecule has 0 bridgehead atoms. The molecule has 0 aliphatic carbocycles. The molecule has 2 aromatic rings. The molecule has 1 N–H and O–H groups in total. The van der Waals surface area contributed by atoms with Crippen LogP contribution >= 0.6 is 0 Å².